The molecule has 0 bridgehead atoms. The van der Waals surface area contributed by atoms with Crippen LogP contribution in [0, 0.1) is 0 Å². The predicted molar refractivity (Wildman–Crippen MR) is 61.2 cm³/mol. The quantitative estimate of drug-likeness (QED) is 0.464. The highest BCUT2D eigenvalue weighted by molar-refractivity contribution is 8.05. The Morgan fingerprint density at radius 3 is 2.57 bits per heavy atom. The summed E-state index contributed by atoms with van der Waals surface area (Å²) < 4.78 is 6.05. The summed E-state index contributed by atoms with van der Waals surface area (Å²) in [5.74, 6) is 0.442. The number of rotatable bonds is 2. The Kier molecular flexibility index (Phi) is 3.97. The highest BCUT2D eigenvalue weighted by Crippen LogP contribution is 2.17. The lowest BCUT2D eigenvalue weighted by molar-refractivity contribution is 0.197. The molecule has 0 unspecified atom stereocenters. The van der Waals surface area contributed by atoms with E-state index in [2.05, 4.69) is 12.8 Å². The molecular weight excluding hydrogens is 220 g/mol. The van der Waals surface area contributed by atoms with E-state index in [1.807, 2.05) is 0 Å². The second-order valence-electron chi connectivity index (χ2n) is 2.39. The van der Waals surface area contributed by atoms with Gasteiger partial charge in [-0.15, -0.1) is 0 Å². The van der Waals surface area contributed by atoms with E-state index >= 15 is 0 Å². The van der Waals surface area contributed by atoms with Crippen molar-refractivity contribution in [2.75, 3.05) is 12.0 Å². The molecule has 0 aliphatic rings. The zero-order valence-electron chi connectivity index (χ0n) is 7.51. The molecule has 0 radical (unpaired) electrons. The molecule has 1 rings (SSSR count). The van der Waals surface area contributed by atoms with Gasteiger partial charge in [0.05, 0.1) is 0 Å². The van der Waals surface area contributed by atoms with Gasteiger partial charge in [0.25, 0.3) is 0 Å². The number of carbonyl (C=O) groups is 1. The van der Waals surface area contributed by atoms with Crippen LogP contribution in [0.4, 0.5) is 10.5 Å². The number of anilines is 1. The molecule has 0 aliphatic carbocycles. The number of nitrogens with two attached hydrogens (primary N) is 1. The fourth-order valence-electron chi connectivity index (χ4n) is 0.750. The van der Waals surface area contributed by atoms with Crippen molar-refractivity contribution in [3.05, 3.63) is 24.3 Å². The normalized spacial score (nSPS) is 9.57. The molecule has 14 heavy (non-hydrogen) atoms. The maximum atomic E-state index is 11.2. The Labute approximate surface area is 92.1 Å². The highest BCUT2D eigenvalue weighted by Gasteiger charge is 2.10. The number of hydrogen-bond acceptors (Lipinski definition) is 5. The van der Waals surface area contributed by atoms with E-state index in [1.54, 1.807) is 30.5 Å². The van der Waals surface area contributed by atoms with Gasteiger partial charge >= 0.3 is 6.09 Å². The largest absolute Gasteiger partial charge is 0.435 e. The zero-order valence-corrected chi connectivity index (χ0v) is 9.22. The van der Waals surface area contributed by atoms with Crippen LogP contribution in [0.25, 0.3) is 0 Å². The lowest BCUT2D eigenvalue weighted by Crippen LogP contribution is -2.18. The van der Waals surface area contributed by atoms with Gasteiger partial charge in [0.2, 0.25) is 0 Å². The van der Waals surface area contributed by atoms with E-state index in [0.29, 0.717) is 11.4 Å². The van der Waals surface area contributed by atoms with Gasteiger partial charge in [-0.2, -0.15) is 3.71 Å². The minimum Gasteiger partial charge on any atom is -0.409 e. The Balaban J connectivity index is 2.60. The first-order valence-electron chi connectivity index (χ1n) is 3.74. The number of benzene rings is 1. The van der Waals surface area contributed by atoms with Crippen molar-refractivity contribution in [1.29, 1.82) is 0 Å². The van der Waals surface area contributed by atoms with Crippen molar-refractivity contribution >= 4 is 36.5 Å². The SMILES string of the molecule is CSN(S)C(=O)Oc1ccc(N)cc1. The number of carbonyl (C=O) groups excluding carboxylic acids is 1. The molecule has 0 fully saturated rings. The summed E-state index contributed by atoms with van der Waals surface area (Å²) in [5, 5.41) is 0. The summed E-state index contributed by atoms with van der Waals surface area (Å²) in [6.07, 6.45) is 1.18. The molecule has 1 aromatic rings. The molecule has 1 amide bonds. The first-order chi connectivity index (χ1) is 6.63. The van der Waals surface area contributed by atoms with Gasteiger partial charge in [-0.05, 0) is 49.0 Å². The maximum absolute atomic E-state index is 11.2. The molecule has 76 valence electrons. The number of nitrogen functional groups attached to an aromatic ring is 1. The number of amides is 1. The zero-order chi connectivity index (χ0) is 10.6. The van der Waals surface area contributed by atoms with E-state index in [4.69, 9.17) is 10.5 Å². The van der Waals surface area contributed by atoms with Crippen LogP contribution in [-0.4, -0.2) is 16.1 Å². The molecule has 0 aliphatic heterocycles. The Morgan fingerprint density at radius 2 is 2.07 bits per heavy atom. The van der Waals surface area contributed by atoms with Gasteiger partial charge in [-0.25, -0.2) is 4.79 Å². The standard InChI is InChI=1S/C8H10N2O2S2/c1-14-10(13)8(11)12-7-4-2-6(9)3-5-7/h2-5,13H,9H2,1H3. The van der Waals surface area contributed by atoms with Crippen molar-refractivity contribution in [2.45, 2.75) is 0 Å². The number of thiol groups is 1. The minimum atomic E-state index is -0.536. The summed E-state index contributed by atoms with van der Waals surface area (Å²) in [6.45, 7) is 0. The van der Waals surface area contributed by atoms with Crippen LogP contribution >= 0.6 is 24.8 Å². The summed E-state index contributed by atoms with van der Waals surface area (Å²) in [5.41, 5.74) is 6.10. The fraction of sp³-hybridized carbons (Fsp3) is 0.125. The minimum absolute atomic E-state index is 0.442. The summed E-state index contributed by atoms with van der Waals surface area (Å²) in [6, 6.07) is 6.56. The third kappa shape index (κ3) is 3.04. The van der Waals surface area contributed by atoms with Crippen LogP contribution in [0.2, 0.25) is 0 Å². The monoisotopic (exact) mass is 230 g/mol. The van der Waals surface area contributed by atoms with Gasteiger partial charge in [-0.3, -0.25) is 0 Å². The fourth-order valence-corrected chi connectivity index (χ4v) is 0.977. The van der Waals surface area contributed by atoms with Crippen molar-refractivity contribution in [3.8, 4) is 5.75 Å². The molecule has 0 heterocycles. The van der Waals surface area contributed by atoms with Crippen molar-refractivity contribution in [1.82, 2.24) is 3.71 Å². The molecule has 4 nitrogen and oxygen atoms in total. The van der Waals surface area contributed by atoms with E-state index in [0.717, 1.165) is 15.7 Å². The highest BCUT2D eigenvalue weighted by atomic mass is 32.2. The summed E-state index contributed by atoms with van der Waals surface area (Å²) in [4.78, 5) is 11.2. The average molecular weight is 230 g/mol. The molecule has 0 spiro atoms. The van der Waals surface area contributed by atoms with Gasteiger partial charge in [0.1, 0.15) is 5.75 Å². The Morgan fingerprint density at radius 1 is 1.50 bits per heavy atom. The van der Waals surface area contributed by atoms with E-state index in [-0.39, 0.29) is 0 Å². The Hall–Kier alpha value is -1.01. The lowest BCUT2D eigenvalue weighted by Gasteiger charge is -2.11. The van der Waals surface area contributed by atoms with Gasteiger partial charge in [0.15, 0.2) is 0 Å². The van der Waals surface area contributed by atoms with Gasteiger partial charge in [-0.1, -0.05) is 0 Å². The second-order valence-corrected chi connectivity index (χ2v) is 3.79. The van der Waals surface area contributed by atoms with E-state index < -0.39 is 6.09 Å². The molecule has 6 heteroatoms. The van der Waals surface area contributed by atoms with Crippen LogP contribution < -0.4 is 10.5 Å². The number of hydrogen-bond donors (Lipinski definition) is 2. The van der Waals surface area contributed by atoms with Crippen LogP contribution in [0.1, 0.15) is 0 Å². The van der Waals surface area contributed by atoms with Crippen LogP contribution in [0.5, 0.6) is 5.75 Å². The maximum Gasteiger partial charge on any atom is 0.435 e. The summed E-state index contributed by atoms with van der Waals surface area (Å²) in [7, 11) is 0. The first-order valence-corrected chi connectivity index (χ1v) is 5.32. The Bertz CT molecular complexity index is 316. The molecule has 0 saturated carbocycles. The van der Waals surface area contributed by atoms with Crippen molar-refractivity contribution in [3.63, 3.8) is 0 Å². The van der Waals surface area contributed by atoms with Gasteiger partial charge < -0.3 is 10.5 Å². The predicted octanol–water partition coefficient (Wildman–Crippen LogP) is 2.19. The lowest BCUT2D eigenvalue weighted by atomic mass is 10.3. The smallest absolute Gasteiger partial charge is 0.409 e. The average Bonchev–Trinajstić information content (AvgIpc) is 2.20. The third-order valence-corrected chi connectivity index (χ3v) is 2.56. The molecule has 0 saturated heterocycles. The number of nitrogens with zero attached hydrogens (tertiary/aromatic N) is 1. The first kappa shape index (κ1) is 11.1. The van der Waals surface area contributed by atoms with Gasteiger partial charge in [0, 0.05) is 11.9 Å². The molecule has 0 atom stereocenters. The number of ether oxygens (including phenoxy) is 1. The summed E-state index contributed by atoms with van der Waals surface area (Å²) >= 11 is 5.03. The molecule has 2 N–H and O–H groups in total. The van der Waals surface area contributed by atoms with Crippen LogP contribution in [0.3, 0.4) is 0 Å². The topological polar surface area (TPSA) is 55.6 Å². The second kappa shape index (κ2) is 5.02. The molecule has 0 aromatic heterocycles. The van der Waals surface area contributed by atoms with Crippen molar-refractivity contribution in [2.24, 2.45) is 0 Å². The van der Waals surface area contributed by atoms with E-state index in [9.17, 15) is 4.79 Å². The van der Waals surface area contributed by atoms with Crippen LogP contribution in [0.15, 0.2) is 24.3 Å². The van der Waals surface area contributed by atoms with E-state index in [1.165, 1.54) is 0 Å². The van der Waals surface area contributed by atoms with Crippen LogP contribution in [-0.2, 0) is 0 Å². The third-order valence-electron chi connectivity index (χ3n) is 1.41. The molecular formula is C8H10N2O2S2. The van der Waals surface area contributed by atoms with Crippen molar-refractivity contribution < 1.29 is 9.53 Å². The molecule has 1 aromatic carbocycles.